The fraction of sp³-hybridized carbons (Fsp3) is 0.273. The molecule has 0 bridgehead atoms. The number of nitrogens with one attached hydrogen (secondary N) is 2. The molecule has 3 aromatic rings. The van der Waals surface area contributed by atoms with Crippen LogP contribution in [0, 0.1) is 20.8 Å². The molecule has 0 aliphatic carbocycles. The second kappa shape index (κ2) is 9.69. The summed E-state index contributed by atoms with van der Waals surface area (Å²) in [6.45, 7) is 6.28. The van der Waals surface area contributed by atoms with Crippen molar-refractivity contribution in [2.24, 2.45) is 0 Å². The molecular weight excluding hydrogens is 384 g/mol. The highest BCUT2D eigenvalue weighted by Crippen LogP contribution is 2.20. The molecule has 1 aromatic heterocycles. The number of aryl methyl sites for hydroxylation is 2. The molecule has 0 unspecified atom stereocenters. The number of hydrogen-bond donors (Lipinski definition) is 2. The highest BCUT2D eigenvalue weighted by molar-refractivity contribution is 5.89. The first-order valence-electron chi connectivity index (χ1n) is 9.58. The zero-order valence-corrected chi connectivity index (χ0v) is 17.2. The van der Waals surface area contributed by atoms with Crippen molar-refractivity contribution in [1.82, 2.24) is 20.8 Å². The SMILES string of the molecule is Cc1ccc(-c2noc(C(=O)NCCNC(=O)COc3cccc(C)c3C)n2)cc1. The number of hydrogen-bond acceptors (Lipinski definition) is 6. The zero-order valence-electron chi connectivity index (χ0n) is 17.2. The summed E-state index contributed by atoms with van der Waals surface area (Å²) in [6, 6.07) is 13.3. The predicted molar refractivity (Wildman–Crippen MR) is 111 cm³/mol. The molecule has 0 saturated carbocycles. The summed E-state index contributed by atoms with van der Waals surface area (Å²) in [7, 11) is 0. The van der Waals surface area contributed by atoms with Crippen LogP contribution in [0.15, 0.2) is 47.0 Å². The molecule has 0 fully saturated rings. The van der Waals surface area contributed by atoms with Crippen molar-refractivity contribution in [1.29, 1.82) is 0 Å². The number of ether oxygens (including phenoxy) is 1. The maximum Gasteiger partial charge on any atom is 0.316 e. The van der Waals surface area contributed by atoms with E-state index in [4.69, 9.17) is 9.26 Å². The molecule has 2 N–H and O–H groups in total. The fourth-order valence-corrected chi connectivity index (χ4v) is 2.66. The van der Waals surface area contributed by atoms with Crippen LogP contribution < -0.4 is 15.4 Å². The van der Waals surface area contributed by atoms with Crippen LogP contribution in [0.4, 0.5) is 0 Å². The molecule has 0 radical (unpaired) electrons. The number of nitrogens with zero attached hydrogens (tertiary/aromatic N) is 2. The van der Waals surface area contributed by atoms with E-state index in [0.29, 0.717) is 11.6 Å². The molecule has 0 aliphatic rings. The Balaban J connectivity index is 1.40. The number of aromatic nitrogens is 2. The van der Waals surface area contributed by atoms with E-state index in [1.54, 1.807) is 0 Å². The average Bonchev–Trinajstić information content (AvgIpc) is 3.23. The van der Waals surface area contributed by atoms with Crippen LogP contribution in [0.5, 0.6) is 5.75 Å². The number of carbonyl (C=O) groups excluding carboxylic acids is 2. The standard InChI is InChI=1S/C22H24N4O4/c1-14-7-9-17(10-8-14)20-25-22(30-26-20)21(28)24-12-11-23-19(27)13-29-18-6-4-5-15(2)16(18)3/h4-10H,11-13H2,1-3H3,(H,23,27)(H,24,28). The molecule has 2 aromatic carbocycles. The van der Waals surface area contributed by atoms with E-state index in [-0.39, 0.29) is 31.5 Å². The lowest BCUT2D eigenvalue weighted by Gasteiger charge is -2.11. The Morgan fingerprint density at radius 3 is 2.50 bits per heavy atom. The maximum absolute atomic E-state index is 12.1. The molecule has 2 amide bonds. The normalized spacial score (nSPS) is 10.5. The highest BCUT2D eigenvalue weighted by Gasteiger charge is 2.15. The fourth-order valence-electron chi connectivity index (χ4n) is 2.66. The molecule has 30 heavy (non-hydrogen) atoms. The van der Waals surface area contributed by atoms with Crippen LogP contribution in [-0.2, 0) is 4.79 Å². The van der Waals surface area contributed by atoms with Gasteiger partial charge in [0.1, 0.15) is 5.75 Å². The number of rotatable bonds is 8. The first-order valence-corrected chi connectivity index (χ1v) is 9.58. The van der Waals surface area contributed by atoms with E-state index >= 15 is 0 Å². The van der Waals surface area contributed by atoms with Gasteiger partial charge in [-0.3, -0.25) is 9.59 Å². The Morgan fingerprint density at radius 1 is 1.00 bits per heavy atom. The highest BCUT2D eigenvalue weighted by atomic mass is 16.5. The van der Waals surface area contributed by atoms with Crippen molar-refractivity contribution in [2.45, 2.75) is 20.8 Å². The predicted octanol–water partition coefficient (Wildman–Crippen LogP) is 2.59. The van der Waals surface area contributed by atoms with E-state index < -0.39 is 5.91 Å². The van der Waals surface area contributed by atoms with E-state index in [9.17, 15) is 9.59 Å². The van der Waals surface area contributed by atoms with Crippen LogP contribution in [0.2, 0.25) is 0 Å². The van der Waals surface area contributed by atoms with Gasteiger partial charge in [-0.1, -0.05) is 47.1 Å². The molecular formula is C22H24N4O4. The van der Waals surface area contributed by atoms with E-state index in [2.05, 4.69) is 20.8 Å². The van der Waals surface area contributed by atoms with Crippen LogP contribution in [-0.4, -0.2) is 41.7 Å². The number of benzene rings is 2. The third-order valence-corrected chi connectivity index (χ3v) is 4.58. The summed E-state index contributed by atoms with van der Waals surface area (Å²) in [5.74, 6) is 0.123. The van der Waals surface area contributed by atoms with Crippen molar-refractivity contribution in [2.75, 3.05) is 19.7 Å². The second-order valence-electron chi connectivity index (χ2n) is 6.88. The molecule has 0 atom stereocenters. The van der Waals surface area contributed by atoms with E-state index in [1.165, 1.54) is 0 Å². The van der Waals surface area contributed by atoms with Crippen molar-refractivity contribution >= 4 is 11.8 Å². The largest absolute Gasteiger partial charge is 0.483 e. The summed E-state index contributed by atoms with van der Waals surface area (Å²) in [4.78, 5) is 28.2. The first kappa shape index (κ1) is 21.0. The van der Waals surface area contributed by atoms with Gasteiger partial charge < -0.3 is 19.9 Å². The maximum atomic E-state index is 12.1. The quantitative estimate of drug-likeness (QED) is 0.555. The average molecular weight is 408 g/mol. The van der Waals surface area contributed by atoms with E-state index in [1.807, 2.05) is 63.2 Å². The molecule has 3 rings (SSSR count). The summed E-state index contributed by atoms with van der Waals surface area (Å²) in [5, 5.41) is 9.14. The van der Waals surface area contributed by atoms with Gasteiger partial charge in [-0.05, 0) is 38.0 Å². The molecule has 156 valence electrons. The first-order chi connectivity index (χ1) is 14.4. The van der Waals surface area contributed by atoms with Crippen molar-refractivity contribution in [3.05, 3.63) is 65.0 Å². The molecule has 0 saturated heterocycles. The van der Waals surface area contributed by atoms with Gasteiger partial charge in [0.25, 0.3) is 5.91 Å². The minimum absolute atomic E-state index is 0.0954. The van der Waals surface area contributed by atoms with Crippen LogP contribution in [0.3, 0.4) is 0 Å². The summed E-state index contributed by atoms with van der Waals surface area (Å²) < 4.78 is 10.6. The van der Waals surface area contributed by atoms with Gasteiger partial charge in [0.2, 0.25) is 5.82 Å². The van der Waals surface area contributed by atoms with Gasteiger partial charge in [-0.2, -0.15) is 4.98 Å². The molecule has 8 nitrogen and oxygen atoms in total. The van der Waals surface area contributed by atoms with Crippen LogP contribution in [0.1, 0.15) is 27.4 Å². The Bertz CT molecular complexity index is 1030. The lowest BCUT2D eigenvalue weighted by Crippen LogP contribution is -2.36. The summed E-state index contributed by atoms with van der Waals surface area (Å²) in [6.07, 6.45) is 0. The van der Waals surface area contributed by atoms with Crippen LogP contribution in [0.25, 0.3) is 11.4 Å². The van der Waals surface area contributed by atoms with Gasteiger partial charge >= 0.3 is 11.8 Å². The third kappa shape index (κ3) is 5.44. The number of carbonyl (C=O) groups is 2. The van der Waals surface area contributed by atoms with Gasteiger partial charge in [-0.25, -0.2) is 0 Å². The van der Waals surface area contributed by atoms with Gasteiger partial charge in [0, 0.05) is 18.7 Å². The van der Waals surface area contributed by atoms with Gasteiger partial charge in [0.15, 0.2) is 6.61 Å². The van der Waals surface area contributed by atoms with E-state index in [0.717, 1.165) is 22.3 Å². The Kier molecular flexibility index (Phi) is 6.79. The summed E-state index contributed by atoms with van der Waals surface area (Å²) in [5.41, 5.74) is 3.98. The second-order valence-corrected chi connectivity index (χ2v) is 6.88. The Hall–Kier alpha value is -3.68. The topological polar surface area (TPSA) is 106 Å². The lowest BCUT2D eigenvalue weighted by molar-refractivity contribution is -0.123. The Morgan fingerprint density at radius 2 is 1.73 bits per heavy atom. The zero-order chi connectivity index (χ0) is 21.5. The van der Waals surface area contributed by atoms with Crippen molar-refractivity contribution in [3.8, 4) is 17.1 Å². The monoisotopic (exact) mass is 408 g/mol. The van der Waals surface area contributed by atoms with Crippen molar-refractivity contribution < 1.29 is 18.8 Å². The summed E-state index contributed by atoms with van der Waals surface area (Å²) >= 11 is 0. The van der Waals surface area contributed by atoms with Crippen molar-refractivity contribution in [3.63, 3.8) is 0 Å². The van der Waals surface area contributed by atoms with Gasteiger partial charge in [-0.15, -0.1) is 0 Å². The molecule has 0 aliphatic heterocycles. The number of amides is 2. The molecule has 1 heterocycles. The third-order valence-electron chi connectivity index (χ3n) is 4.58. The molecule has 8 heteroatoms. The van der Waals surface area contributed by atoms with Crippen LogP contribution >= 0.6 is 0 Å². The van der Waals surface area contributed by atoms with Gasteiger partial charge in [0.05, 0.1) is 0 Å². The lowest BCUT2D eigenvalue weighted by atomic mass is 10.1. The minimum Gasteiger partial charge on any atom is -0.483 e. The smallest absolute Gasteiger partial charge is 0.316 e. The minimum atomic E-state index is -0.498. The molecule has 0 spiro atoms. The Labute approximate surface area is 174 Å².